The third kappa shape index (κ3) is 7.61. The van der Waals surface area contributed by atoms with Crippen molar-refractivity contribution in [2.45, 2.75) is 42.3 Å². The van der Waals surface area contributed by atoms with Gasteiger partial charge in [-0.15, -0.1) is 0 Å². The van der Waals surface area contributed by atoms with E-state index in [9.17, 15) is 19.8 Å². The second-order valence-electron chi connectivity index (χ2n) is 12.9. The number of hydrogen-bond donors (Lipinski definition) is 5. The number of rotatable bonds is 12. The summed E-state index contributed by atoms with van der Waals surface area (Å²) in [4.78, 5) is 39.2. The molecule has 56 heavy (non-hydrogen) atoms. The van der Waals surface area contributed by atoms with Crippen LogP contribution in [0.25, 0.3) is 44.6 Å². The minimum atomic E-state index is -1.14. The standard InChI is InChI=1S/C39H32IN7O7S2/c40-27-16-30-31(53-19-52-30)17-32(27)56-39-46-34-35(41)43-18-44-36(34)47(39)12-4-2-1-3-11-42-38(55)45-20-5-8-23(26(13-20)37(50)51)33-24-9-6-21(48)14-28(24)54-29-15-22(49)7-10-25(29)33/h5-10,13-18,48H,1-4,11-12,19H2,(H,50,51)(H2,41,43,44)(H2,42,45,55). The molecule has 3 aliphatic rings. The number of carbonyl (C=O) groups is 1. The van der Waals surface area contributed by atoms with Gasteiger partial charge in [0.05, 0.1) is 5.56 Å². The molecule has 0 atom stereocenters. The fourth-order valence-electron chi connectivity index (χ4n) is 6.58. The predicted molar refractivity (Wildman–Crippen MR) is 225 cm³/mol. The number of unbranched alkanes of at least 4 members (excludes halogenated alkanes) is 3. The van der Waals surface area contributed by atoms with Crippen molar-refractivity contribution in [3.8, 4) is 39.7 Å². The van der Waals surface area contributed by atoms with Gasteiger partial charge in [-0.1, -0.05) is 30.7 Å². The van der Waals surface area contributed by atoms with Crippen LogP contribution in [0.1, 0.15) is 36.0 Å². The van der Waals surface area contributed by atoms with Gasteiger partial charge in [-0.3, -0.25) is 4.79 Å². The molecule has 1 aliphatic carbocycles. The molecule has 0 saturated carbocycles. The topological polar surface area (TPSA) is 200 Å². The Bertz CT molecular complexity index is 2700. The van der Waals surface area contributed by atoms with E-state index in [-0.39, 0.29) is 29.3 Å². The lowest BCUT2D eigenvalue weighted by atomic mass is 9.90. The lowest BCUT2D eigenvalue weighted by molar-refractivity contribution is 0.0697. The van der Waals surface area contributed by atoms with Gasteiger partial charge >= 0.3 is 5.97 Å². The summed E-state index contributed by atoms with van der Waals surface area (Å²) in [7, 11) is 0. The number of ether oxygens (including phenoxy) is 2. The van der Waals surface area contributed by atoms with Crippen LogP contribution >= 0.6 is 46.6 Å². The van der Waals surface area contributed by atoms with E-state index in [2.05, 4.69) is 47.8 Å². The van der Waals surface area contributed by atoms with Crippen LogP contribution in [0.3, 0.4) is 0 Å². The van der Waals surface area contributed by atoms with Gasteiger partial charge in [-0.05, 0) is 102 Å². The summed E-state index contributed by atoms with van der Waals surface area (Å²) in [5.74, 6) is 0.874. The second-order valence-corrected chi connectivity index (χ2v) is 15.5. The first-order chi connectivity index (χ1) is 27.1. The molecule has 5 aromatic rings. The van der Waals surface area contributed by atoms with Crippen LogP contribution in [-0.2, 0) is 6.54 Å². The van der Waals surface area contributed by atoms with E-state index in [1.54, 1.807) is 24.3 Å². The molecule has 2 aromatic heterocycles. The van der Waals surface area contributed by atoms with Gasteiger partial charge in [0.2, 0.25) is 6.79 Å². The number of aromatic nitrogens is 4. The number of fused-ring (bicyclic) bond motifs is 4. The largest absolute Gasteiger partial charge is 0.508 e. The van der Waals surface area contributed by atoms with E-state index in [4.69, 9.17) is 36.8 Å². The van der Waals surface area contributed by atoms with E-state index in [1.807, 2.05) is 12.1 Å². The molecule has 3 aromatic carbocycles. The van der Waals surface area contributed by atoms with Crippen molar-refractivity contribution in [1.29, 1.82) is 0 Å². The summed E-state index contributed by atoms with van der Waals surface area (Å²) in [6.45, 7) is 1.52. The maximum absolute atomic E-state index is 12.6. The summed E-state index contributed by atoms with van der Waals surface area (Å²) in [6, 6.07) is 17.8. The van der Waals surface area contributed by atoms with Gasteiger partial charge in [0.1, 0.15) is 23.4 Å². The number of hydrogen-bond acceptors (Lipinski definition) is 12. The highest BCUT2D eigenvalue weighted by atomic mass is 127. The molecule has 0 fully saturated rings. The average molecular weight is 902 g/mol. The number of imidazole rings is 1. The summed E-state index contributed by atoms with van der Waals surface area (Å²) in [6.07, 6.45) is 5.08. The summed E-state index contributed by atoms with van der Waals surface area (Å²) in [5, 5.41) is 28.4. The van der Waals surface area contributed by atoms with Gasteiger partial charge < -0.3 is 45.0 Å². The summed E-state index contributed by atoms with van der Waals surface area (Å²) in [5.41, 5.74) is 9.56. The Morgan fingerprint density at radius 2 is 1.79 bits per heavy atom. The molecular formula is C39H32IN7O7S2. The molecule has 14 nitrogen and oxygen atoms in total. The first-order valence-corrected chi connectivity index (χ1v) is 19.8. The zero-order chi connectivity index (χ0) is 38.9. The molecule has 0 amide bonds. The molecule has 0 radical (unpaired) electrons. The number of carboxylic acid groups (broad SMARTS) is 1. The number of aromatic hydroxyl groups is 1. The van der Waals surface area contributed by atoms with Crippen LogP contribution in [0.2, 0.25) is 0 Å². The van der Waals surface area contributed by atoms with E-state index in [0.29, 0.717) is 74.3 Å². The van der Waals surface area contributed by atoms with E-state index < -0.39 is 5.97 Å². The third-order valence-electron chi connectivity index (χ3n) is 9.20. The van der Waals surface area contributed by atoms with Gasteiger partial charge in [0, 0.05) is 55.9 Å². The Morgan fingerprint density at radius 3 is 2.62 bits per heavy atom. The highest BCUT2D eigenvalue weighted by Gasteiger charge is 2.23. The summed E-state index contributed by atoms with van der Waals surface area (Å²) < 4.78 is 20.1. The Balaban J connectivity index is 0.886. The molecule has 17 heteroatoms. The van der Waals surface area contributed by atoms with Crippen LogP contribution in [0.15, 0.2) is 92.3 Å². The monoisotopic (exact) mass is 901 g/mol. The number of nitrogens with zero attached hydrogens (tertiary/aromatic N) is 4. The molecule has 284 valence electrons. The highest BCUT2D eigenvalue weighted by molar-refractivity contribution is 14.1. The smallest absolute Gasteiger partial charge is 0.336 e. The molecule has 0 spiro atoms. The van der Waals surface area contributed by atoms with Crippen molar-refractivity contribution >= 4 is 91.3 Å². The average Bonchev–Trinajstić information content (AvgIpc) is 3.77. The number of carboxylic acids is 1. The van der Waals surface area contributed by atoms with Gasteiger partial charge in [0.25, 0.3) is 0 Å². The Morgan fingerprint density at radius 1 is 0.982 bits per heavy atom. The van der Waals surface area contributed by atoms with Crippen LogP contribution in [-0.4, -0.2) is 54.2 Å². The fourth-order valence-corrected chi connectivity index (χ4v) is 8.51. The number of benzene rings is 4. The zero-order valence-electron chi connectivity index (χ0n) is 29.4. The normalized spacial score (nSPS) is 12.1. The predicted octanol–water partition coefficient (Wildman–Crippen LogP) is 7.72. The highest BCUT2D eigenvalue weighted by Crippen LogP contribution is 2.43. The first-order valence-electron chi connectivity index (χ1n) is 17.5. The van der Waals surface area contributed by atoms with Crippen molar-refractivity contribution in [2.75, 3.05) is 24.4 Å². The lowest BCUT2D eigenvalue weighted by Gasteiger charge is -2.18. The molecular weight excluding hydrogens is 870 g/mol. The van der Waals surface area contributed by atoms with Crippen LogP contribution < -0.4 is 31.3 Å². The number of anilines is 2. The number of phenolic OH excluding ortho intramolecular Hbond substituents is 1. The van der Waals surface area contributed by atoms with Gasteiger partial charge in [-0.25, -0.2) is 19.7 Å². The minimum absolute atomic E-state index is 0.0222. The van der Waals surface area contributed by atoms with Gasteiger partial charge in [-0.2, -0.15) is 0 Å². The number of phenols is 1. The molecule has 6 N–H and O–H groups in total. The lowest BCUT2D eigenvalue weighted by Crippen LogP contribution is -2.29. The number of aryl methyl sites for hydroxylation is 1. The third-order valence-corrected chi connectivity index (χ3v) is 11.8. The van der Waals surface area contributed by atoms with Crippen molar-refractivity contribution < 1.29 is 28.9 Å². The van der Waals surface area contributed by atoms with Crippen LogP contribution in [0.4, 0.5) is 11.5 Å². The fraction of sp³-hybridized carbons (Fsp3) is 0.179. The zero-order valence-corrected chi connectivity index (χ0v) is 33.2. The quantitative estimate of drug-likeness (QED) is 0.0345. The number of nitrogens with one attached hydrogen (secondary N) is 2. The SMILES string of the molecule is Nc1ncnc2c1nc(Sc1cc3c(cc1I)OCO3)n2CCCCCCNC(=S)Nc1ccc(-c2c3ccc(=O)cc-3oc3cc(O)ccc23)c(C(=O)O)c1. The first kappa shape index (κ1) is 37.3. The van der Waals surface area contributed by atoms with Crippen molar-refractivity contribution in [3.05, 3.63) is 92.4 Å². The van der Waals surface area contributed by atoms with Crippen molar-refractivity contribution in [1.82, 2.24) is 24.8 Å². The van der Waals surface area contributed by atoms with Gasteiger partial charge in [0.15, 0.2) is 44.2 Å². The second kappa shape index (κ2) is 15.8. The molecule has 0 unspecified atom stereocenters. The van der Waals surface area contributed by atoms with Crippen LogP contribution in [0, 0.1) is 3.57 Å². The molecule has 0 saturated heterocycles. The molecule has 8 rings (SSSR count). The molecule has 4 heterocycles. The number of nitrogens with two attached hydrogens (primary N) is 1. The Hall–Kier alpha value is -5.66. The Kier molecular flexibility index (Phi) is 10.5. The summed E-state index contributed by atoms with van der Waals surface area (Å²) >= 11 is 9.35. The minimum Gasteiger partial charge on any atom is -0.508 e. The number of aromatic carboxylic acids is 1. The maximum atomic E-state index is 12.6. The number of thiocarbonyl (C=S) groups is 1. The van der Waals surface area contributed by atoms with Crippen molar-refractivity contribution in [3.63, 3.8) is 0 Å². The molecule has 2 aliphatic heterocycles. The van der Waals surface area contributed by atoms with E-state index in [1.165, 1.54) is 48.4 Å². The van der Waals surface area contributed by atoms with E-state index >= 15 is 0 Å². The molecule has 0 bridgehead atoms. The number of nitrogen functional groups attached to an aromatic ring is 1. The Labute approximate surface area is 341 Å². The maximum Gasteiger partial charge on any atom is 0.336 e. The van der Waals surface area contributed by atoms with Crippen LogP contribution in [0.5, 0.6) is 17.2 Å². The number of halogens is 1. The van der Waals surface area contributed by atoms with Crippen molar-refractivity contribution in [2.24, 2.45) is 0 Å². The van der Waals surface area contributed by atoms with E-state index in [0.717, 1.165) is 45.1 Å².